The average Bonchev–Trinajstić information content (AvgIpc) is 2.79. The summed E-state index contributed by atoms with van der Waals surface area (Å²) in [5.41, 5.74) is 2.32. The fraction of sp³-hybridized carbons (Fsp3) is 0.500. The lowest BCUT2D eigenvalue weighted by atomic mass is 10.2. The molecule has 1 fully saturated rings. The van der Waals surface area contributed by atoms with Crippen molar-refractivity contribution in [2.24, 2.45) is 0 Å². The summed E-state index contributed by atoms with van der Waals surface area (Å²) in [5.74, 6) is 0.684. The summed E-state index contributed by atoms with van der Waals surface area (Å²) in [6, 6.07) is 3.67. The minimum Gasteiger partial charge on any atom is -0.324 e. The molecule has 0 spiro atoms. The third kappa shape index (κ3) is 4.38. The minimum absolute atomic E-state index is 0.00519. The first-order valence-corrected chi connectivity index (χ1v) is 9.13. The van der Waals surface area contributed by atoms with Crippen LogP contribution in [0.1, 0.15) is 37.1 Å². The van der Waals surface area contributed by atoms with E-state index in [0.717, 1.165) is 24.5 Å². The molecular weight excluding hydrogens is 338 g/mol. The van der Waals surface area contributed by atoms with Gasteiger partial charge in [-0.05, 0) is 51.9 Å². The van der Waals surface area contributed by atoms with E-state index in [0.29, 0.717) is 23.1 Å². The second kappa shape index (κ2) is 7.97. The summed E-state index contributed by atoms with van der Waals surface area (Å²) in [6.07, 6.45) is 6.53. The summed E-state index contributed by atoms with van der Waals surface area (Å²) in [4.78, 5) is 18.9. The Kier molecular flexibility index (Phi) is 5.71. The highest BCUT2D eigenvalue weighted by atomic mass is 35.5. The number of carbonyl (C=O) groups excluding carboxylic acids is 1. The van der Waals surface area contributed by atoms with Gasteiger partial charge in [0.15, 0.2) is 5.82 Å². The third-order valence-corrected chi connectivity index (χ3v) is 5.06. The summed E-state index contributed by atoms with van der Waals surface area (Å²) < 4.78 is 1.71. The number of likely N-dealkylation sites (tertiary alicyclic amines) is 1. The summed E-state index contributed by atoms with van der Waals surface area (Å²) in [6.45, 7) is 6.21. The number of hydrogen-bond acceptors (Lipinski definition) is 4. The SMILES string of the molecule is Cc1nn(-c2ccc(NC(=O)CN3CCCCCC3)cn2)c(C)c1Cl. The molecule has 0 radical (unpaired) electrons. The van der Waals surface area contributed by atoms with Crippen molar-refractivity contribution in [3.05, 3.63) is 34.7 Å². The molecule has 3 rings (SSSR count). The Labute approximate surface area is 153 Å². The number of rotatable bonds is 4. The highest BCUT2D eigenvalue weighted by Gasteiger charge is 2.14. The molecule has 1 N–H and O–H groups in total. The Hall–Kier alpha value is -1.92. The lowest BCUT2D eigenvalue weighted by Gasteiger charge is -2.18. The quantitative estimate of drug-likeness (QED) is 0.907. The van der Waals surface area contributed by atoms with Crippen molar-refractivity contribution in [2.45, 2.75) is 39.5 Å². The number of carbonyl (C=O) groups is 1. The van der Waals surface area contributed by atoms with Crippen LogP contribution >= 0.6 is 11.6 Å². The Morgan fingerprint density at radius 3 is 2.48 bits per heavy atom. The zero-order valence-corrected chi connectivity index (χ0v) is 15.5. The van der Waals surface area contributed by atoms with E-state index in [4.69, 9.17) is 11.6 Å². The van der Waals surface area contributed by atoms with Crippen molar-refractivity contribution >= 4 is 23.2 Å². The molecule has 0 atom stereocenters. The van der Waals surface area contributed by atoms with Crippen molar-refractivity contribution in [3.8, 4) is 5.82 Å². The van der Waals surface area contributed by atoms with Crippen LogP contribution in [0.4, 0.5) is 5.69 Å². The van der Waals surface area contributed by atoms with Gasteiger partial charge in [-0.15, -0.1) is 0 Å². The normalized spacial score (nSPS) is 15.8. The molecule has 1 aliphatic heterocycles. The Morgan fingerprint density at radius 1 is 1.20 bits per heavy atom. The molecule has 7 heteroatoms. The third-order valence-electron chi connectivity index (χ3n) is 4.52. The van der Waals surface area contributed by atoms with Crippen molar-refractivity contribution in [3.63, 3.8) is 0 Å². The Morgan fingerprint density at radius 2 is 1.92 bits per heavy atom. The fourth-order valence-electron chi connectivity index (χ4n) is 3.13. The minimum atomic E-state index is 0.00519. The van der Waals surface area contributed by atoms with Crippen LogP contribution in [0.2, 0.25) is 5.02 Å². The van der Waals surface area contributed by atoms with Gasteiger partial charge in [-0.3, -0.25) is 9.69 Å². The largest absolute Gasteiger partial charge is 0.324 e. The van der Waals surface area contributed by atoms with Gasteiger partial charge in [0.05, 0.1) is 34.8 Å². The molecule has 6 nitrogen and oxygen atoms in total. The molecule has 1 aliphatic rings. The summed E-state index contributed by atoms with van der Waals surface area (Å²) in [7, 11) is 0. The number of pyridine rings is 1. The molecule has 2 aromatic heterocycles. The number of aryl methyl sites for hydroxylation is 1. The van der Waals surface area contributed by atoms with E-state index >= 15 is 0 Å². The highest BCUT2D eigenvalue weighted by molar-refractivity contribution is 6.31. The van der Waals surface area contributed by atoms with E-state index in [2.05, 4.69) is 20.3 Å². The molecular formula is C18H24ClN5O. The van der Waals surface area contributed by atoms with Gasteiger partial charge >= 0.3 is 0 Å². The van der Waals surface area contributed by atoms with E-state index in [1.165, 1.54) is 25.7 Å². The monoisotopic (exact) mass is 361 g/mol. The first-order valence-electron chi connectivity index (χ1n) is 8.75. The van der Waals surface area contributed by atoms with Gasteiger partial charge in [-0.1, -0.05) is 24.4 Å². The number of nitrogens with zero attached hydrogens (tertiary/aromatic N) is 4. The van der Waals surface area contributed by atoms with Crippen LogP contribution in [-0.4, -0.2) is 45.2 Å². The highest BCUT2D eigenvalue weighted by Crippen LogP contribution is 2.22. The Bertz CT molecular complexity index is 733. The van der Waals surface area contributed by atoms with Gasteiger partial charge in [0.25, 0.3) is 0 Å². The van der Waals surface area contributed by atoms with Crippen LogP contribution < -0.4 is 5.32 Å². The van der Waals surface area contributed by atoms with Crippen LogP contribution in [0.5, 0.6) is 0 Å². The number of anilines is 1. The van der Waals surface area contributed by atoms with Gasteiger partial charge in [0, 0.05) is 0 Å². The molecule has 3 heterocycles. The van der Waals surface area contributed by atoms with E-state index < -0.39 is 0 Å². The first-order chi connectivity index (χ1) is 12.0. The van der Waals surface area contributed by atoms with Crippen molar-refractivity contribution in [1.82, 2.24) is 19.7 Å². The maximum atomic E-state index is 12.2. The number of amides is 1. The van der Waals surface area contributed by atoms with Gasteiger partial charge in [0.2, 0.25) is 5.91 Å². The number of nitrogens with one attached hydrogen (secondary N) is 1. The first kappa shape index (κ1) is 17.9. The second-order valence-corrected chi connectivity index (χ2v) is 6.92. The summed E-state index contributed by atoms with van der Waals surface area (Å²) >= 11 is 6.18. The number of hydrogen-bond donors (Lipinski definition) is 1. The van der Waals surface area contributed by atoms with E-state index in [1.807, 2.05) is 26.0 Å². The second-order valence-electron chi connectivity index (χ2n) is 6.54. The lowest BCUT2D eigenvalue weighted by molar-refractivity contribution is -0.117. The molecule has 0 bridgehead atoms. The van der Waals surface area contributed by atoms with Gasteiger partial charge in [-0.2, -0.15) is 5.10 Å². The molecule has 1 saturated heterocycles. The standard InChI is InChI=1S/C18H24ClN5O/c1-13-18(19)14(2)24(22-13)16-8-7-15(11-20-16)21-17(25)12-23-9-5-3-4-6-10-23/h7-8,11H,3-6,9-10,12H2,1-2H3,(H,21,25). The maximum absolute atomic E-state index is 12.2. The Balaban J connectivity index is 1.62. The predicted molar refractivity (Wildman–Crippen MR) is 99.4 cm³/mol. The van der Waals surface area contributed by atoms with E-state index in [1.54, 1.807) is 10.9 Å². The van der Waals surface area contributed by atoms with Crippen LogP contribution in [0.15, 0.2) is 18.3 Å². The summed E-state index contributed by atoms with van der Waals surface area (Å²) in [5, 5.41) is 7.96. The van der Waals surface area contributed by atoms with Crippen molar-refractivity contribution in [2.75, 3.05) is 25.0 Å². The maximum Gasteiger partial charge on any atom is 0.238 e. The predicted octanol–water partition coefficient (Wildman–Crippen LogP) is 3.35. The van der Waals surface area contributed by atoms with Crippen LogP contribution in [0, 0.1) is 13.8 Å². The van der Waals surface area contributed by atoms with Crippen molar-refractivity contribution in [1.29, 1.82) is 0 Å². The number of aromatic nitrogens is 3. The van der Waals surface area contributed by atoms with E-state index in [9.17, 15) is 4.79 Å². The fourth-order valence-corrected chi connectivity index (χ4v) is 3.25. The molecule has 0 aliphatic carbocycles. The van der Waals surface area contributed by atoms with Gasteiger partial charge in [-0.25, -0.2) is 9.67 Å². The topological polar surface area (TPSA) is 63.1 Å². The average molecular weight is 362 g/mol. The van der Waals surface area contributed by atoms with Gasteiger partial charge in [0.1, 0.15) is 0 Å². The van der Waals surface area contributed by atoms with Crippen LogP contribution in [0.25, 0.3) is 5.82 Å². The molecule has 0 aromatic carbocycles. The molecule has 0 unspecified atom stereocenters. The lowest BCUT2D eigenvalue weighted by Crippen LogP contribution is -2.33. The van der Waals surface area contributed by atoms with E-state index in [-0.39, 0.29) is 5.91 Å². The molecule has 25 heavy (non-hydrogen) atoms. The number of halogens is 1. The zero-order chi connectivity index (χ0) is 17.8. The smallest absolute Gasteiger partial charge is 0.238 e. The molecule has 1 amide bonds. The molecule has 0 saturated carbocycles. The molecule has 2 aromatic rings. The van der Waals surface area contributed by atoms with Crippen LogP contribution in [0.3, 0.4) is 0 Å². The molecule has 134 valence electrons. The van der Waals surface area contributed by atoms with Crippen molar-refractivity contribution < 1.29 is 4.79 Å². The van der Waals surface area contributed by atoms with Crippen LogP contribution in [-0.2, 0) is 4.79 Å². The zero-order valence-electron chi connectivity index (χ0n) is 14.8. The van der Waals surface area contributed by atoms with Gasteiger partial charge < -0.3 is 5.32 Å².